The van der Waals surface area contributed by atoms with Crippen LogP contribution in [-0.4, -0.2) is 68.9 Å². The Morgan fingerprint density at radius 3 is 2.33 bits per heavy atom. The number of amides is 1. The Bertz CT molecular complexity index is 388. The summed E-state index contributed by atoms with van der Waals surface area (Å²) >= 11 is 0. The number of hydrogen-bond acceptors (Lipinski definition) is 4. The van der Waals surface area contributed by atoms with E-state index in [1.807, 2.05) is 13.8 Å². The van der Waals surface area contributed by atoms with Gasteiger partial charge in [-0.15, -0.1) is 0 Å². The number of ether oxygens (including phenoxy) is 1. The first kappa shape index (κ1) is 15.4. The predicted molar refractivity (Wildman–Crippen MR) is 67.2 cm³/mol. The number of carbonyl (C=O) groups excluding carboxylic acids is 1. The molecule has 1 fully saturated rings. The second-order valence-electron chi connectivity index (χ2n) is 4.51. The largest absolute Gasteiger partial charge is 0.373 e. The third kappa shape index (κ3) is 3.64. The van der Waals surface area contributed by atoms with Crippen molar-refractivity contribution in [2.45, 2.75) is 26.1 Å². The minimum Gasteiger partial charge on any atom is -0.373 e. The third-order valence-electron chi connectivity index (χ3n) is 2.75. The highest BCUT2D eigenvalue weighted by Gasteiger charge is 2.34. The van der Waals surface area contributed by atoms with Crippen molar-refractivity contribution in [3.8, 4) is 0 Å². The van der Waals surface area contributed by atoms with Gasteiger partial charge in [0, 0.05) is 27.2 Å². The van der Waals surface area contributed by atoms with Gasteiger partial charge in [0.15, 0.2) is 0 Å². The molecular formula is C10H21N3O4S. The number of likely N-dealkylation sites (N-methyl/N-ethyl adjacent to an activating group) is 2. The maximum Gasteiger partial charge on any atom is 0.282 e. The average Bonchev–Trinajstić information content (AvgIpc) is 2.27. The first-order valence-corrected chi connectivity index (χ1v) is 7.24. The zero-order valence-corrected chi connectivity index (χ0v) is 12.0. The Morgan fingerprint density at radius 1 is 1.39 bits per heavy atom. The summed E-state index contributed by atoms with van der Waals surface area (Å²) in [5, 5.41) is 2.40. The van der Waals surface area contributed by atoms with Gasteiger partial charge in [0.1, 0.15) is 0 Å². The lowest BCUT2D eigenvalue weighted by Gasteiger charge is -2.36. The van der Waals surface area contributed by atoms with E-state index >= 15 is 0 Å². The SMILES string of the molecule is CNC(=O)CN(C)S(=O)(=O)N1C[C@@H](C)O[C@H](C)C1. The van der Waals surface area contributed by atoms with Crippen LogP contribution in [0.3, 0.4) is 0 Å². The first-order chi connectivity index (χ1) is 8.27. The van der Waals surface area contributed by atoms with Gasteiger partial charge in [0.2, 0.25) is 5.91 Å². The van der Waals surface area contributed by atoms with Gasteiger partial charge in [0.05, 0.1) is 18.8 Å². The zero-order chi connectivity index (χ0) is 13.9. The van der Waals surface area contributed by atoms with Gasteiger partial charge in [-0.25, -0.2) is 0 Å². The van der Waals surface area contributed by atoms with Crippen LogP contribution in [-0.2, 0) is 19.7 Å². The molecule has 1 aliphatic heterocycles. The van der Waals surface area contributed by atoms with Crippen LogP contribution in [0.5, 0.6) is 0 Å². The van der Waals surface area contributed by atoms with Gasteiger partial charge < -0.3 is 10.1 Å². The smallest absolute Gasteiger partial charge is 0.282 e. The Balaban J connectivity index is 2.76. The first-order valence-electron chi connectivity index (χ1n) is 5.84. The number of morpholine rings is 1. The summed E-state index contributed by atoms with van der Waals surface area (Å²) < 4.78 is 32.4. The average molecular weight is 279 g/mol. The van der Waals surface area contributed by atoms with Crippen molar-refractivity contribution in [1.29, 1.82) is 0 Å². The van der Waals surface area contributed by atoms with Crippen LogP contribution in [0.15, 0.2) is 0 Å². The molecule has 0 unspecified atom stereocenters. The van der Waals surface area contributed by atoms with Crippen LogP contribution in [0, 0.1) is 0 Å². The molecule has 1 saturated heterocycles. The van der Waals surface area contributed by atoms with Crippen molar-refractivity contribution >= 4 is 16.1 Å². The maximum atomic E-state index is 12.2. The number of nitrogens with zero attached hydrogens (tertiary/aromatic N) is 2. The Kier molecular flexibility index (Phi) is 5.09. The summed E-state index contributed by atoms with van der Waals surface area (Å²) in [6, 6.07) is 0. The summed E-state index contributed by atoms with van der Waals surface area (Å²) in [4.78, 5) is 11.2. The molecule has 18 heavy (non-hydrogen) atoms. The molecule has 0 aliphatic carbocycles. The monoisotopic (exact) mass is 279 g/mol. The van der Waals surface area contributed by atoms with E-state index in [2.05, 4.69) is 5.32 Å². The summed E-state index contributed by atoms with van der Waals surface area (Å²) in [5.74, 6) is -0.338. The molecule has 7 nitrogen and oxygen atoms in total. The van der Waals surface area contributed by atoms with Crippen molar-refractivity contribution in [3.63, 3.8) is 0 Å². The van der Waals surface area contributed by atoms with E-state index in [0.29, 0.717) is 13.1 Å². The van der Waals surface area contributed by atoms with Gasteiger partial charge in [-0.05, 0) is 13.8 Å². The summed E-state index contributed by atoms with van der Waals surface area (Å²) in [7, 11) is -0.735. The highest BCUT2D eigenvalue weighted by molar-refractivity contribution is 7.86. The van der Waals surface area contributed by atoms with E-state index in [0.717, 1.165) is 4.31 Å². The van der Waals surface area contributed by atoms with Crippen molar-refractivity contribution in [2.24, 2.45) is 0 Å². The summed E-state index contributed by atoms with van der Waals surface area (Å²) in [5.41, 5.74) is 0. The normalized spacial score (nSPS) is 26.3. The van der Waals surface area contributed by atoms with Crippen molar-refractivity contribution in [2.75, 3.05) is 33.7 Å². The van der Waals surface area contributed by atoms with Gasteiger partial charge in [-0.1, -0.05) is 0 Å². The van der Waals surface area contributed by atoms with E-state index in [4.69, 9.17) is 4.74 Å². The third-order valence-corrected chi connectivity index (χ3v) is 4.62. The molecule has 0 saturated carbocycles. The zero-order valence-electron chi connectivity index (χ0n) is 11.2. The van der Waals surface area contributed by atoms with Crippen LogP contribution >= 0.6 is 0 Å². The minimum atomic E-state index is -3.61. The van der Waals surface area contributed by atoms with Gasteiger partial charge >= 0.3 is 0 Å². The molecule has 0 aromatic heterocycles. The van der Waals surface area contributed by atoms with Crippen LogP contribution in [0.4, 0.5) is 0 Å². The molecule has 2 atom stereocenters. The number of nitrogens with one attached hydrogen (secondary N) is 1. The van der Waals surface area contributed by atoms with Crippen LogP contribution in [0.2, 0.25) is 0 Å². The molecule has 1 aliphatic rings. The number of carbonyl (C=O) groups is 1. The van der Waals surface area contributed by atoms with Crippen LogP contribution in [0.1, 0.15) is 13.8 Å². The minimum absolute atomic E-state index is 0.142. The lowest BCUT2D eigenvalue weighted by atomic mass is 10.3. The fourth-order valence-electron chi connectivity index (χ4n) is 1.88. The molecular weight excluding hydrogens is 258 g/mol. The highest BCUT2D eigenvalue weighted by atomic mass is 32.2. The fourth-order valence-corrected chi connectivity index (χ4v) is 3.35. The molecule has 106 valence electrons. The quantitative estimate of drug-likeness (QED) is 0.717. The molecule has 0 spiro atoms. The standard InChI is InChI=1S/C10H21N3O4S/c1-8-5-13(6-9(2)17-8)18(15,16)12(4)7-10(14)11-3/h8-9H,5-7H2,1-4H3,(H,11,14)/t8-,9-/m1/s1. The van der Waals surface area contributed by atoms with E-state index in [-0.39, 0.29) is 24.7 Å². The topological polar surface area (TPSA) is 79.0 Å². The molecule has 0 bridgehead atoms. The van der Waals surface area contributed by atoms with Crippen LogP contribution < -0.4 is 5.32 Å². The van der Waals surface area contributed by atoms with E-state index in [1.54, 1.807) is 0 Å². The molecule has 1 amide bonds. The lowest BCUT2D eigenvalue weighted by molar-refractivity contribution is -0.120. The van der Waals surface area contributed by atoms with E-state index < -0.39 is 10.2 Å². The lowest BCUT2D eigenvalue weighted by Crippen LogP contribution is -2.53. The molecule has 0 aromatic carbocycles. The summed E-state index contributed by atoms with van der Waals surface area (Å²) in [6.45, 7) is 4.10. The molecule has 1 N–H and O–H groups in total. The van der Waals surface area contributed by atoms with Gasteiger partial charge in [-0.3, -0.25) is 4.79 Å². The van der Waals surface area contributed by atoms with Gasteiger partial charge in [0.25, 0.3) is 10.2 Å². The molecule has 0 aromatic rings. The Labute approximate surface area is 108 Å². The second-order valence-corrected chi connectivity index (χ2v) is 6.55. The summed E-state index contributed by atoms with van der Waals surface area (Å²) in [6.07, 6.45) is -0.283. The van der Waals surface area contributed by atoms with Crippen molar-refractivity contribution in [3.05, 3.63) is 0 Å². The highest BCUT2D eigenvalue weighted by Crippen LogP contribution is 2.16. The molecule has 1 heterocycles. The van der Waals surface area contributed by atoms with E-state index in [1.165, 1.54) is 18.4 Å². The van der Waals surface area contributed by atoms with Gasteiger partial charge in [-0.2, -0.15) is 17.0 Å². The van der Waals surface area contributed by atoms with Crippen molar-refractivity contribution in [1.82, 2.24) is 13.9 Å². The van der Waals surface area contributed by atoms with E-state index in [9.17, 15) is 13.2 Å². The maximum absolute atomic E-state index is 12.2. The molecule has 1 rings (SSSR count). The fraction of sp³-hybridized carbons (Fsp3) is 0.900. The second kappa shape index (κ2) is 5.96. The number of hydrogen-bond donors (Lipinski definition) is 1. The Hall–Kier alpha value is -0.700. The predicted octanol–water partition coefficient (Wildman–Crippen LogP) is -0.982. The van der Waals surface area contributed by atoms with Crippen LogP contribution in [0.25, 0.3) is 0 Å². The van der Waals surface area contributed by atoms with Crippen molar-refractivity contribution < 1.29 is 17.9 Å². The molecule has 8 heteroatoms. The Morgan fingerprint density at radius 2 is 1.89 bits per heavy atom. The molecule has 0 radical (unpaired) electrons. The number of rotatable bonds is 4.